The Kier molecular flexibility index (Phi) is 5.78. The number of β-amino-alcohol motifs (C(OH)–C–C–N with tert-alkyl or cyclic N) is 1. The first-order valence-corrected chi connectivity index (χ1v) is 8.16. The van der Waals surface area contributed by atoms with Crippen LogP contribution in [0.25, 0.3) is 0 Å². The van der Waals surface area contributed by atoms with Gasteiger partial charge in [0.15, 0.2) is 0 Å². The minimum absolute atomic E-state index is 0.264. The maximum Gasteiger partial charge on any atom is 0.224 e. The normalized spacial score (nSPS) is 22.1. The van der Waals surface area contributed by atoms with Crippen LogP contribution in [-0.4, -0.2) is 65.8 Å². The fourth-order valence-electron chi connectivity index (χ4n) is 2.63. The molecular formula is C14H24BrN5O. The predicted molar refractivity (Wildman–Crippen MR) is 88.8 cm³/mol. The molecule has 0 aromatic carbocycles. The summed E-state index contributed by atoms with van der Waals surface area (Å²) >= 11 is 3.53. The highest BCUT2D eigenvalue weighted by Crippen LogP contribution is 2.31. The molecule has 2 heterocycles. The van der Waals surface area contributed by atoms with Crippen LogP contribution < -0.4 is 10.2 Å². The summed E-state index contributed by atoms with van der Waals surface area (Å²) in [5, 5.41) is 13.2. The Morgan fingerprint density at radius 2 is 2.29 bits per heavy atom. The van der Waals surface area contributed by atoms with Gasteiger partial charge in [-0.2, -0.15) is 4.98 Å². The lowest BCUT2D eigenvalue weighted by Gasteiger charge is -2.28. The van der Waals surface area contributed by atoms with Crippen molar-refractivity contribution in [3.05, 3.63) is 10.7 Å². The highest BCUT2D eigenvalue weighted by molar-refractivity contribution is 9.10. The number of likely N-dealkylation sites (N-methyl/N-ethyl adjacent to an activating group) is 1. The van der Waals surface area contributed by atoms with E-state index in [0.29, 0.717) is 12.5 Å². The Labute approximate surface area is 134 Å². The fourth-order valence-corrected chi connectivity index (χ4v) is 3.05. The smallest absolute Gasteiger partial charge is 0.224 e. The second-order valence-electron chi connectivity index (χ2n) is 5.75. The summed E-state index contributed by atoms with van der Waals surface area (Å²) in [7, 11) is 4.10. The highest BCUT2D eigenvalue weighted by Gasteiger charge is 2.33. The molecule has 6 nitrogen and oxygen atoms in total. The van der Waals surface area contributed by atoms with E-state index in [0.717, 1.165) is 36.2 Å². The number of rotatable bonds is 6. The van der Waals surface area contributed by atoms with Crippen molar-refractivity contribution in [2.45, 2.75) is 31.9 Å². The van der Waals surface area contributed by atoms with Crippen molar-refractivity contribution in [1.82, 2.24) is 14.9 Å². The number of hydrogen-bond donors (Lipinski definition) is 2. The monoisotopic (exact) mass is 357 g/mol. The largest absolute Gasteiger partial charge is 0.391 e. The van der Waals surface area contributed by atoms with Crippen LogP contribution in [0.15, 0.2) is 10.7 Å². The van der Waals surface area contributed by atoms with Gasteiger partial charge in [0.1, 0.15) is 5.82 Å². The van der Waals surface area contributed by atoms with Crippen molar-refractivity contribution in [2.75, 3.05) is 43.9 Å². The van der Waals surface area contributed by atoms with Crippen molar-refractivity contribution < 1.29 is 5.11 Å². The van der Waals surface area contributed by atoms with Gasteiger partial charge in [-0.15, -0.1) is 0 Å². The van der Waals surface area contributed by atoms with Gasteiger partial charge in [-0.05, 0) is 42.9 Å². The van der Waals surface area contributed by atoms with Gasteiger partial charge < -0.3 is 20.2 Å². The third kappa shape index (κ3) is 4.28. The second-order valence-corrected chi connectivity index (χ2v) is 6.60. The molecule has 118 valence electrons. The van der Waals surface area contributed by atoms with Crippen LogP contribution in [0.1, 0.15) is 19.8 Å². The molecule has 2 atom stereocenters. The van der Waals surface area contributed by atoms with Crippen molar-refractivity contribution in [3.8, 4) is 0 Å². The van der Waals surface area contributed by atoms with E-state index in [1.807, 2.05) is 14.1 Å². The number of aliphatic hydroxyl groups is 1. The minimum Gasteiger partial charge on any atom is -0.391 e. The molecular weight excluding hydrogens is 334 g/mol. The average Bonchev–Trinajstić information content (AvgIpc) is 2.77. The summed E-state index contributed by atoms with van der Waals surface area (Å²) in [5.74, 6) is 1.49. The topological polar surface area (TPSA) is 64.5 Å². The van der Waals surface area contributed by atoms with Crippen LogP contribution >= 0.6 is 15.9 Å². The third-order valence-electron chi connectivity index (χ3n) is 3.50. The lowest BCUT2D eigenvalue weighted by molar-refractivity contribution is 0.191. The fraction of sp³-hybridized carbons (Fsp3) is 0.714. The molecule has 21 heavy (non-hydrogen) atoms. The molecule has 7 heteroatoms. The number of anilines is 2. The molecule has 2 rings (SSSR count). The number of nitrogens with zero attached hydrogens (tertiary/aromatic N) is 4. The van der Waals surface area contributed by atoms with E-state index in [4.69, 9.17) is 0 Å². The molecule has 2 unspecified atom stereocenters. The minimum atomic E-state index is -0.302. The Balaban J connectivity index is 2.21. The molecule has 1 saturated heterocycles. The lowest BCUT2D eigenvalue weighted by atomic mass is 10.2. The Morgan fingerprint density at radius 1 is 1.52 bits per heavy atom. The summed E-state index contributed by atoms with van der Waals surface area (Å²) in [6.45, 7) is 4.47. The molecule has 1 aromatic rings. The number of aliphatic hydroxyl groups excluding tert-OH is 1. The van der Waals surface area contributed by atoms with Crippen molar-refractivity contribution >= 4 is 27.7 Å². The zero-order valence-electron chi connectivity index (χ0n) is 12.9. The summed E-state index contributed by atoms with van der Waals surface area (Å²) in [6, 6.07) is 0.264. The van der Waals surface area contributed by atoms with E-state index in [-0.39, 0.29) is 12.1 Å². The Bertz CT molecular complexity index is 471. The quantitative estimate of drug-likeness (QED) is 0.805. The zero-order valence-corrected chi connectivity index (χ0v) is 14.5. The number of halogens is 1. The summed E-state index contributed by atoms with van der Waals surface area (Å²) in [6.07, 6.45) is 3.27. The first-order chi connectivity index (χ1) is 10.0. The van der Waals surface area contributed by atoms with Crippen LogP contribution in [0.4, 0.5) is 11.8 Å². The molecule has 2 N–H and O–H groups in total. The lowest BCUT2D eigenvalue weighted by Crippen LogP contribution is -2.38. The number of hydrogen-bond acceptors (Lipinski definition) is 6. The molecule has 1 fully saturated rings. The van der Waals surface area contributed by atoms with Crippen molar-refractivity contribution in [2.24, 2.45) is 0 Å². The molecule has 0 bridgehead atoms. The first-order valence-electron chi connectivity index (χ1n) is 7.37. The van der Waals surface area contributed by atoms with Gasteiger partial charge in [0, 0.05) is 31.9 Å². The maximum atomic E-state index is 10.0. The summed E-state index contributed by atoms with van der Waals surface area (Å²) < 4.78 is 0.863. The van der Waals surface area contributed by atoms with Crippen LogP contribution in [0.5, 0.6) is 0 Å². The SMILES string of the molecule is CCCNc1ncc(Br)c(N2CC(O)CC2CN(C)C)n1. The standard InChI is InChI=1S/C14H24BrN5O/c1-4-5-16-14-17-7-12(15)13(18-14)20-9-11(21)6-10(20)8-19(2)3/h7,10-11,21H,4-6,8-9H2,1-3H3,(H,16,17,18). The predicted octanol–water partition coefficient (Wildman–Crippen LogP) is 1.56. The van der Waals surface area contributed by atoms with Gasteiger partial charge in [0.05, 0.1) is 10.6 Å². The zero-order chi connectivity index (χ0) is 15.4. The molecule has 0 spiro atoms. The van der Waals surface area contributed by atoms with E-state index in [1.54, 1.807) is 6.20 Å². The third-order valence-corrected chi connectivity index (χ3v) is 4.06. The second kappa shape index (κ2) is 7.38. The van der Waals surface area contributed by atoms with Crippen molar-refractivity contribution in [1.29, 1.82) is 0 Å². The van der Waals surface area contributed by atoms with Crippen LogP contribution in [0.2, 0.25) is 0 Å². The molecule has 0 aliphatic carbocycles. The van der Waals surface area contributed by atoms with Crippen molar-refractivity contribution in [3.63, 3.8) is 0 Å². The molecule has 0 saturated carbocycles. The van der Waals surface area contributed by atoms with E-state index in [1.165, 1.54) is 0 Å². The number of aromatic nitrogens is 2. The van der Waals surface area contributed by atoms with Gasteiger partial charge >= 0.3 is 0 Å². The van der Waals surface area contributed by atoms with Crippen LogP contribution in [-0.2, 0) is 0 Å². The summed E-state index contributed by atoms with van der Waals surface area (Å²) in [4.78, 5) is 13.2. The van der Waals surface area contributed by atoms with Gasteiger partial charge in [0.2, 0.25) is 5.95 Å². The van der Waals surface area contributed by atoms with Crippen LogP contribution in [0.3, 0.4) is 0 Å². The van der Waals surface area contributed by atoms with Crippen LogP contribution in [0, 0.1) is 0 Å². The average molecular weight is 358 g/mol. The van der Waals surface area contributed by atoms with Gasteiger partial charge in [-0.1, -0.05) is 6.92 Å². The summed E-state index contributed by atoms with van der Waals surface area (Å²) in [5.41, 5.74) is 0. The molecule has 0 amide bonds. The molecule has 1 aromatic heterocycles. The first kappa shape index (κ1) is 16.5. The van der Waals surface area contributed by atoms with E-state index < -0.39 is 0 Å². The highest BCUT2D eigenvalue weighted by atomic mass is 79.9. The van der Waals surface area contributed by atoms with Gasteiger partial charge in [-0.3, -0.25) is 0 Å². The molecule has 1 aliphatic heterocycles. The van der Waals surface area contributed by atoms with Gasteiger partial charge in [0.25, 0.3) is 0 Å². The Hall–Kier alpha value is -0.920. The molecule has 1 aliphatic rings. The van der Waals surface area contributed by atoms with E-state index in [9.17, 15) is 5.11 Å². The maximum absolute atomic E-state index is 10.0. The van der Waals surface area contributed by atoms with Gasteiger partial charge in [-0.25, -0.2) is 4.98 Å². The Morgan fingerprint density at radius 3 is 2.95 bits per heavy atom. The number of nitrogens with one attached hydrogen (secondary N) is 1. The van der Waals surface area contributed by atoms with E-state index >= 15 is 0 Å². The molecule has 0 radical (unpaired) electrons. The van der Waals surface area contributed by atoms with E-state index in [2.05, 4.69) is 47.9 Å².